The van der Waals surface area contributed by atoms with Gasteiger partial charge in [-0.15, -0.1) is 0 Å². The Labute approximate surface area is 289 Å². The van der Waals surface area contributed by atoms with Crippen molar-refractivity contribution >= 4 is 23.6 Å². The molecule has 12 atom stereocenters. The summed E-state index contributed by atoms with van der Waals surface area (Å²) in [6.45, 7) is 5.97. The minimum atomic E-state index is -1.94. The van der Waals surface area contributed by atoms with Gasteiger partial charge in [0.05, 0.1) is 36.4 Å². The maximum absolute atomic E-state index is 14.6. The second-order valence-electron chi connectivity index (χ2n) is 14.1. The highest BCUT2D eigenvalue weighted by atomic mass is 16.6. The lowest BCUT2D eigenvalue weighted by Crippen LogP contribution is -2.72. The van der Waals surface area contributed by atoms with Crippen LogP contribution in [0.25, 0.3) is 0 Å². The number of aliphatic hydroxyl groups is 3. The molecule has 1 heterocycles. The average Bonchev–Trinajstić information content (AvgIpc) is 3.10. The Kier molecular flexibility index (Phi) is 9.55. The molecule has 1 unspecified atom stereocenters. The number of hydrogen-bond donors (Lipinski definition) is 4. The SMILES string of the molecule is CC(=O)O[C@H]1C(=O)[C@@]2(C)C([C@@H]3CO[C@@H]3C[C@@H]2O)[C@H](O)[C@]2(N=O)C[C@H](OC(=O)[C@H](O)[C@H](NC(=O)c3ccccc3)c3ccccc3)C(C)=C1[C@H]2C. The number of carbonyl (C=O) groups excluding carboxylic acids is 4. The Bertz CT molecular complexity index is 1700. The molecule has 2 aromatic carbocycles. The van der Waals surface area contributed by atoms with Crippen molar-refractivity contribution in [3.63, 3.8) is 0 Å². The fraction of sp³-hybridized carbons (Fsp3) is 0.514. The fourth-order valence-corrected chi connectivity index (χ4v) is 8.66. The van der Waals surface area contributed by atoms with E-state index in [0.29, 0.717) is 11.1 Å². The molecule has 13 nitrogen and oxygen atoms in total. The monoisotopic (exact) mass is 690 g/mol. The van der Waals surface area contributed by atoms with Gasteiger partial charge in [0.2, 0.25) is 0 Å². The first-order valence-electron chi connectivity index (χ1n) is 16.8. The van der Waals surface area contributed by atoms with E-state index in [1.165, 1.54) is 6.92 Å². The lowest BCUT2D eigenvalue weighted by atomic mass is 9.48. The smallest absolute Gasteiger partial charge is 0.338 e. The second-order valence-corrected chi connectivity index (χ2v) is 14.1. The van der Waals surface area contributed by atoms with Crippen LogP contribution in [0.1, 0.15) is 62.5 Å². The summed E-state index contributed by atoms with van der Waals surface area (Å²) >= 11 is 0. The topological polar surface area (TPSA) is 198 Å². The highest BCUT2D eigenvalue weighted by molar-refractivity contribution is 5.95. The Morgan fingerprint density at radius 3 is 2.26 bits per heavy atom. The first-order valence-corrected chi connectivity index (χ1v) is 16.8. The summed E-state index contributed by atoms with van der Waals surface area (Å²) in [5, 5.41) is 41.3. The summed E-state index contributed by atoms with van der Waals surface area (Å²) in [6.07, 6.45) is -8.43. The van der Waals surface area contributed by atoms with E-state index in [0.717, 1.165) is 6.92 Å². The maximum Gasteiger partial charge on any atom is 0.338 e. The molecule has 1 aliphatic heterocycles. The molecule has 2 bridgehead atoms. The second kappa shape index (κ2) is 13.4. The molecule has 2 aromatic rings. The number of benzene rings is 2. The van der Waals surface area contributed by atoms with Crippen LogP contribution in [0.2, 0.25) is 0 Å². The minimum absolute atomic E-state index is 0.111. The maximum atomic E-state index is 14.6. The van der Waals surface area contributed by atoms with Crippen LogP contribution in [-0.2, 0) is 28.6 Å². The highest BCUT2D eigenvalue weighted by Crippen LogP contribution is 2.59. The summed E-state index contributed by atoms with van der Waals surface area (Å²) in [6, 6.07) is 15.4. The molecule has 6 rings (SSSR count). The third-order valence-electron chi connectivity index (χ3n) is 11.6. The Morgan fingerprint density at radius 1 is 1.04 bits per heavy atom. The van der Waals surface area contributed by atoms with Crippen molar-refractivity contribution in [1.29, 1.82) is 0 Å². The first kappa shape index (κ1) is 35.5. The molecular weight excluding hydrogens is 648 g/mol. The third kappa shape index (κ3) is 5.66. The molecule has 3 fully saturated rings. The zero-order chi connectivity index (χ0) is 36.1. The van der Waals surface area contributed by atoms with E-state index < -0.39 is 95.0 Å². The molecule has 13 heteroatoms. The number of fused-ring (bicyclic) bond motifs is 5. The van der Waals surface area contributed by atoms with Crippen LogP contribution >= 0.6 is 0 Å². The summed E-state index contributed by atoms with van der Waals surface area (Å²) in [4.78, 5) is 67.2. The van der Waals surface area contributed by atoms with Gasteiger partial charge in [-0.3, -0.25) is 14.4 Å². The van der Waals surface area contributed by atoms with Crippen molar-refractivity contribution in [2.24, 2.45) is 28.3 Å². The Balaban J connectivity index is 1.40. The van der Waals surface area contributed by atoms with Gasteiger partial charge >= 0.3 is 11.9 Å². The van der Waals surface area contributed by atoms with Gasteiger partial charge in [0.1, 0.15) is 11.6 Å². The van der Waals surface area contributed by atoms with Crippen LogP contribution in [0.15, 0.2) is 77.0 Å². The molecule has 4 N–H and O–H groups in total. The number of ether oxygens (including phenoxy) is 3. The third-order valence-corrected chi connectivity index (χ3v) is 11.6. The van der Waals surface area contributed by atoms with Crippen molar-refractivity contribution in [1.82, 2.24) is 5.32 Å². The molecule has 0 spiro atoms. The molecule has 50 heavy (non-hydrogen) atoms. The molecule has 0 aromatic heterocycles. The molecule has 2 saturated carbocycles. The van der Waals surface area contributed by atoms with Crippen molar-refractivity contribution in [3.8, 4) is 0 Å². The number of ketones is 1. The molecule has 1 amide bonds. The normalized spacial score (nSPS) is 35.9. The minimum Gasteiger partial charge on any atom is -0.456 e. The van der Waals surface area contributed by atoms with E-state index in [2.05, 4.69) is 10.5 Å². The van der Waals surface area contributed by atoms with Gasteiger partial charge < -0.3 is 34.8 Å². The van der Waals surface area contributed by atoms with Gasteiger partial charge in [-0.2, -0.15) is 4.91 Å². The van der Waals surface area contributed by atoms with Crippen LogP contribution in [0.5, 0.6) is 0 Å². The van der Waals surface area contributed by atoms with Crippen LogP contribution in [-0.4, -0.2) is 87.7 Å². The first-order chi connectivity index (χ1) is 23.8. The van der Waals surface area contributed by atoms with Gasteiger partial charge in [0.25, 0.3) is 5.91 Å². The number of hydrogen-bond acceptors (Lipinski definition) is 12. The molecule has 4 aliphatic rings. The van der Waals surface area contributed by atoms with E-state index in [4.69, 9.17) is 14.2 Å². The van der Waals surface area contributed by atoms with E-state index in [1.54, 1.807) is 74.5 Å². The van der Waals surface area contributed by atoms with Gasteiger partial charge in [-0.05, 0) is 42.7 Å². The van der Waals surface area contributed by atoms with Crippen LogP contribution in [0.4, 0.5) is 0 Å². The lowest BCUT2D eigenvalue weighted by molar-refractivity contribution is -0.252. The summed E-state index contributed by atoms with van der Waals surface area (Å²) in [5.74, 6) is -5.56. The van der Waals surface area contributed by atoms with Crippen LogP contribution in [0.3, 0.4) is 0 Å². The molecule has 0 radical (unpaired) electrons. The predicted molar refractivity (Wildman–Crippen MR) is 176 cm³/mol. The highest BCUT2D eigenvalue weighted by Gasteiger charge is 2.70. The number of nitrogens with one attached hydrogen (secondary N) is 1. The number of amides is 1. The number of esters is 2. The molecule has 1 saturated heterocycles. The number of nitroso groups, excluding NO2 is 1. The lowest BCUT2D eigenvalue weighted by Gasteiger charge is -2.61. The largest absolute Gasteiger partial charge is 0.456 e. The summed E-state index contributed by atoms with van der Waals surface area (Å²) in [7, 11) is 0. The number of aliphatic hydroxyl groups excluding tert-OH is 3. The van der Waals surface area contributed by atoms with Gasteiger partial charge in [0.15, 0.2) is 18.0 Å². The van der Waals surface area contributed by atoms with E-state index in [9.17, 15) is 39.4 Å². The number of nitrogens with zero attached hydrogens (tertiary/aromatic N) is 1. The van der Waals surface area contributed by atoms with Crippen molar-refractivity contribution < 1.29 is 48.7 Å². The Hall–Kier alpha value is -4.30. The van der Waals surface area contributed by atoms with Gasteiger partial charge in [-0.25, -0.2) is 4.79 Å². The van der Waals surface area contributed by atoms with Crippen molar-refractivity contribution in [2.75, 3.05) is 6.61 Å². The molecule has 3 aliphatic carbocycles. The summed E-state index contributed by atoms with van der Waals surface area (Å²) in [5.41, 5.74) is -2.46. The molecular formula is C37H42N2O11. The van der Waals surface area contributed by atoms with Crippen LogP contribution in [0, 0.1) is 28.1 Å². The average molecular weight is 691 g/mol. The number of carbonyl (C=O) groups is 4. The zero-order valence-electron chi connectivity index (χ0n) is 28.2. The fourth-order valence-electron chi connectivity index (χ4n) is 8.66. The van der Waals surface area contributed by atoms with E-state index in [1.807, 2.05) is 0 Å². The quantitative estimate of drug-likeness (QED) is 0.180. The Morgan fingerprint density at radius 2 is 1.68 bits per heavy atom. The van der Waals surface area contributed by atoms with E-state index in [-0.39, 0.29) is 30.6 Å². The number of Topliss-reactive ketones (excluding diaryl/α,β-unsaturated/α-hetero) is 1. The molecule has 266 valence electrons. The van der Waals surface area contributed by atoms with Gasteiger partial charge in [-0.1, -0.05) is 60.6 Å². The van der Waals surface area contributed by atoms with Gasteiger partial charge in [0, 0.05) is 43.1 Å². The van der Waals surface area contributed by atoms with E-state index >= 15 is 0 Å². The number of rotatable bonds is 8. The van der Waals surface area contributed by atoms with Crippen LogP contribution < -0.4 is 5.32 Å². The van der Waals surface area contributed by atoms with Crippen molar-refractivity contribution in [2.45, 2.75) is 88.7 Å². The standard InChI is InChI=1S/C37H42N2O11/c1-18-25(50-35(46)30(42)29(21-11-7-5-8-12-21)38-34(45)22-13-9-6-10-14-22)16-37(39-47)19(2)27(18)31(49-20(3)40)33(44)36(4)26(41)15-24-23(17-48-24)28(36)32(37)43/h5-14,19,23-26,28-32,41-43H,15-17H2,1-4H3,(H,38,45)/t19-,23-,24-,25+,26+,28?,29-,30-,31-,32+,36-,37+/m1/s1. The predicted octanol–water partition coefficient (Wildman–Crippen LogP) is 2.57. The summed E-state index contributed by atoms with van der Waals surface area (Å²) < 4.78 is 17.2. The zero-order valence-corrected chi connectivity index (χ0v) is 28.2. The van der Waals surface area contributed by atoms with Crippen molar-refractivity contribution in [3.05, 3.63) is 87.8 Å².